The van der Waals surface area contributed by atoms with Crippen molar-refractivity contribution in [1.29, 1.82) is 0 Å². The molecule has 1 amide bonds. The maximum absolute atomic E-state index is 12.3. The van der Waals surface area contributed by atoms with E-state index >= 15 is 0 Å². The number of aryl methyl sites for hydroxylation is 2. The standard InChI is InChI=1S/C21H20N2O6/c1-12-8-18-15(11-28-19(18)9-13(12)2)10-20(24)29-14(3)21(25)22-16-4-6-17(7-5-16)23(26)27/h4-9,11,14H,10H2,1-3H3,(H,22,25). The summed E-state index contributed by atoms with van der Waals surface area (Å²) in [5, 5.41) is 14.1. The van der Waals surface area contributed by atoms with E-state index < -0.39 is 22.9 Å². The predicted molar refractivity (Wildman–Crippen MR) is 107 cm³/mol. The second kappa shape index (κ2) is 8.14. The Morgan fingerprint density at radius 1 is 1.17 bits per heavy atom. The Morgan fingerprint density at radius 3 is 2.48 bits per heavy atom. The van der Waals surface area contributed by atoms with Gasteiger partial charge in [-0.05, 0) is 56.2 Å². The minimum atomic E-state index is -1.03. The Morgan fingerprint density at radius 2 is 1.83 bits per heavy atom. The molecule has 0 saturated carbocycles. The molecule has 1 aromatic heterocycles. The van der Waals surface area contributed by atoms with E-state index in [1.165, 1.54) is 37.5 Å². The van der Waals surface area contributed by atoms with E-state index in [-0.39, 0.29) is 12.1 Å². The minimum absolute atomic E-state index is 0.0232. The maximum Gasteiger partial charge on any atom is 0.311 e. The van der Waals surface area contributed by atoms with Crippen molar-refractivity contribution in [2.24, 2.45) is 0 Å². The van der Waals surface area contributed by atoms with Crippen LogP contribution in [0.2, 0.25) is 0 Å². The molecule has 0 bridgehead atoms. The third-order valence-electron chi connectivity index (χ3n) is 4.63. The van der Waals surface area contributed by atoms with Crippen LogP contribution in [0.4, 0.5) is 11.4 Å². The molecule has 8 nitrogen and oxygen atoms in total. The molecule has 0 radical (unpaired) electrons. The fourth-order valence-electron chi connectivity index (χ4n) is 2.83. The van der Waals surface area contributed by atoms with Gasteiger partial charge in [-0.2, -0.15) is 0 Å². The van der Waals surface area contributed by atoms with E-state index in [4.69, 9.17) is 9.15 Å². The van der Waals surface area contributed by atoms with Gasteiger partial charge in [0.2, 0.25) is 0 Å². The van der Waals surface area contributed by atoms with Crippen molar-refractivity contribution in [3.05, 3.63) is 69.5 Å². The molecule has 1 atom stereocenters. The number of benzene rings is 2. The second-order valence-electron chi connectivity index (χ2n) is 6.80. The normalized spacial score (nSPS) is 11.8. The summed E-state index contributed by atoms with van der Waals surface area (Å²) < 4.78 is 10.7. The molecule has 0 aliphatic heterocycles. The van der Waals surface area contributed by atoms with Crippen molar-refractivity contribution in [3.8, 4) is 0 Å². The number of anilines is 1. The van der Waals surface area contributed by atoms with Gasteiger partial charge >= 0.3 is 5.97 Å². The number of amides is 1. The highest BCUT2D eigenvalue weighted by Gasteiger charge is 2.20. The van der Waals surface area contributed by atoms with Gasteiger partial charge < -0.3 is 14.5 Å². The summed E-state index contributed by atoms with van der Waals surface area (Å²) in [6.07, 6.45) is 0.469. The summed E-state index contributed by atoms with van der Waals surface area (Å²) in [6.45, 7) is 5.42. The number of rotatable bonds is 6. The van der Waals surface area contributed by atoms with Gasteiger partial charge in [0.15, 0.2) is 6.10 Å². The lowest BCUT2D eigenvalue weighted by Gasteiger charge is -2.13. The smallest absolute Gasteiger partial charge is 0.311 e. The molecule has 0 saturated heterocycles. The number of nitrogens with one attached hydrogen (secondary N) is 1. The van der Waals surface area contributed by atoms with E-state index in [0.717, 1.165) is 16.5 Å². The number of fused-ring (bicyclic) bond motifs is 1. The molecule has 2 aromatic carbocycles. The number of esters is 1. The fraction of sp³-hybridized carbons (Fsp3) is 0.238. The average Bonchev–Trinajstić information content (AvgIpc) is 3.03. The quantitative estimate of drug-likeness (QED) is 0.382. The second-order valence-corrected chi connectivity index (χ2v) is 6.80. The predicted octanol–water partition coefficient (Wildman–Crippen LogP) is 4.07. The highest BCUT2D eigenvalue weighted by atomic mass is 16.6. The van der Waals surface area contributed by atoms with Crippen LogP contribution in [0.25, 0.3) is 11.0 Å². The van der Waals surface area contributed by atoms with Crippen LogP contribution in [0, 0.1) is 24.0 Å². The van der Waals surface area contributed by atoms with Crippen LogP contribution in [-0.4, -0.2) is 22.9 Å². The number of hydrogen-bond acceptors (Lipinski definition) is 6. The Labute approximate surface area is 166 Å². The number of carbonyl (C=O) groups is 2. The zero-order valence-corrected chi connectivity index (χ0v) is 16.2. The molecule has 3 rings (SSSR count). The molecule has 8 heteroatoms. The maximum atomic E-state index is 12.3. The van der Waals surface area contributed by atoms with Gasteiger partial charge in [0.05, 0.1) is 17.6 Å². The molecule has 1 heterocycles. The molecular weight excluding hydrogens is 376 g/mol. The van der Waals surface area contributed by atoms with Crippen LogP contribution < -0.4 is 5.32 Å². The average molecular weight is 396 g/mol. The summed E-state index contributed by atoms with van der Waals surface area (Å²) in [5.41, 5.74) is 3.85. The lowest BCUT2D eigenvalue weighted by atomic mass is 10.0. The number of nitro benzene ring substituents is 1. The van der Waals surface area contributed by atoms with Crippen LogP contribution in [0.15, 0.2) is 47.1 Å². The van der Waals surface area contributed by atoms with Crippen LogP contribution in [-0.2, 0) is 20.7 Å². The molecule has 1 N–H and O–H groups in total. The van der Waals surface area contributed by atoms with Gasteiger partial charge in [-0.25, -0.2) is 0 Å². The van der Waals surface area contributed by atoms with Crippen LogP contribution in [0.1, 0.15) is 23.6 Å². The zero-order chi connectivity index (χ0) is 21.1. The Balaban J connectivity index is 1.60. The lowest BCUT2D eigenvalue weighted by molar-refractivity contribution is -0.384. The van der Waals surface area contributed by atoms with Gasteiger partial charge in [0.1, 0.15) is 5.58 Å². The number of nitrogens with zero attached hydrogens (tertiary/aromatic N) is 1. The largest absolute Gasteiger partial charge is 0.464 e. The van der Waals surface area contributed by atoms with Crippen LogP contribution in [0.3, 0.4) is 0 Å². The van der Waals surface area contributed by atoms with Gasteiger partial charge in [0, 0.05) is 28.8 Å². The first-order valence-corrected chi connectivity index (χ1v) is 8.96. The molecular formula is C21H20N2O6. The van der Waals surface area contributed by atoms with Crippen molar-refractivity contribution in [1.82, 2.24) is 0 Å². The minimum Gasteiger partial charge on any atom is -0.464 e. The van der Waals surface area contributed by atoms with Crippen molar-refractivity contribution in [2.45, 2.75) is 33.3 Å². The van der Waals surface area contributed by atoms with E-state index in [0.29, 0.717) is 16.8 Å². The highest BCUT2D eigenvalue weighted by molar-refractivity contribution is 5.95. The number of furan rings is 1. The first-order valence-electron chi connectivity index (χ1n) is 8.96. The van der Waals surface area contributed by atoms with Crippen molar-refractivity contribution < 1.29 is 23.7 Å². The number of ether oxygens (including phenoxy) is 1. The first kappa shape index (κ1) is 20.1. The summed E-state index contributed by atoms with van der Waals surface area (Å²) in [5.74, 6) is -1.09. The topological polar surface area (TPSA) is 112 Å². The Bertz CT molecular complexity index is 1080. The summed E-state index contributed by atoms with van der Waals surface area (Å²) >= 11 is 0. The van der Waals surface area contributed by atoms with E-state index in [9.17, 15) is 19.7 Å². The molecule has 0 aliphatic carbocycles. The van der Waals surface area contributed by atoms with Gasteiger partial charge in [-0.3, -0.25) is 19.7 Å². The van der Waals surface area contributed by atoms with Gasteiger partial charge in [-0.1, -0.05) is 0 Å². The summed E-state index contributed by atoms with van der Waals surface area (Å²) in [7, 11) is 0. The van der Waals surface area contributed by atoms with Crippen LogP contribution >= 0.6 is 0 Å². The Kier molecular flexibility index (Phi) is 5.63. The highest BCUT2D eigenvalue weighted by Crippen LogP contribution is 2.25. The number of nitro groups is 1. The summed E-state index contributed by atoms with van der Waals surface area (Å²) in [6, 6.07) is 9.25. The first-order chi connectivity index (χ1) is 13.7. The van der Waals surface area contributed by atoms with E-state index in [1.54, 1.807) is 0 Å². The fourth-order valence-corrected chi connectivity index (χ4v) is 2.83. The monoisotopic (exact) mass is 396 g/mol. The third-order valence-corrected chi connectivity index (χ3v) is 4.63. The molecule has 0 fully saturated rings. The SMILES string of the molecule is Cc1cc2occ(CC(=O)OC(C)C(=O)Nc3ccc([N+](=O)[O-])cc3)c2cc1C. The van der Waals surface area contributed by atoms with E-state index in [2.05, 4.69) is 5.32 Å². The van der Waals surface area contributed by atoms with Crippen molar-refractivity contribution >= 4 is 34.2 Å². The van der Waals surface area contributed by atoms with Gasteiger partial charge in [0.25, 0.3) is 11.6 Å². The Hall–Kier alpha value is -3.68. The molecule has 29 heavy (non-hydrogen) atoms. The van der Waals surface area contributed by atoms with Crippen molar-refractivity contribution in [2.75, 3.05) is 5.32 Å². The van der Waals surface area contributed by atoms with Crippen LogP contribution in [0.5, 0.6) is 0 Å². The molecule has 0 spiro atoms. The zero-order valence-electron chi connectivity index (χ0n) is 16.2. The van der Waals surface area contributed by atoms with E-state index in [1.807, 2.05) is 26.0 Å². The summed E-state index contributed by atoms with van der Waals surface area (Å²) in [4.78, 5) is 34.6. The number of hydrogen-bond donors (Lipinski definition) is 1. The lowest BCUT2D eigenvalue weighted by Crippen LogP contribution is -2.30. The molecule has 3 aromatic rings. The van der Waals surface area contributed by atoms with Crippen molar-refractivity contribution in [3.63, 3.8) is 0 Å². The number of non-ortho nitro benzene ring substituents is 1. The molecule has 0 aliphatic rings. The molecule has 1 unspecified atom stereocenters. The molecule has 150 valence electrons. The van der Waals surface area contributed by atoms with Gasteiger partial charge in [-0.15, -0.1) is 0 Å². The third kappa shape index (κ3) is 4.60. The number of carbonyl (C=O) groups excluding carboxylic acids is 2.